The van der Waals surface area contributed by atoms with Gasteiger partial charge in [0, 0.05) is 36.3 Å². The van der Waals surface area contributed by atoms with E-state index in [1.165, 1.54) is 0 Å². The Hall–Kier alpha value is -4.45. The fraction of sp³-hybridized carbons (Fsp3) is 0.406. The Morgan fingerprint density at radius 3 is 2.51 bits per heavy atom. The SMILES string of the molecule is Cc1ccc(C(=O)C(C#N)C(=NC2CCCCN(CC(=O)N3CCCC3)C2=O)Nc2ccc3oc(C)cc3c2)cc1. The Bertz CT molecular complexity index is 1510. The summed E-state index contributed by atoms with van der Waals surface area (Å²) in [6, 6.07) is 15.7. The number of carbonyl (C=O) groups excluding carboxylic acids is 3. The summed E-state index contributed by atoms with van der Waals surface area (Å²) in [5, 5.41) is 14.3. The highest BCUT2D eigenvalue weighted by molar-refractivity contribution is 6.18. The van der Waals surface area contributed by atoms with E-state index in [1.54, 1.807) is 23.1 Å². The van der Waals surface area contributed by atoms with Gasteiger partial charge in [0.15, 0.2) is 11.7 Å². The smallest absolute Gasteiger partial charge is 0.247 e. The van der Waals surface area contributed by atoms with Crippen LogP contribution < -0.4 is 5.32 Å². The zero-order chi connectivity index (χ0) is 28.9. The quantitative estimate of drug-likeness (QED) is 0.253. The standard InChI is InChI=1S/C32H35N5O4/c1-21-8-10-23(11-9-21)30(39)26(19-33)31(34-25-12-13-28-24(18-25)17-22(2)41-28)35-27-7-3-4-16-37(32(27)40)20-29(38)36-14-5-6-15-36/h8-13,17-18,26-27H,3-7,14-16,20H2,1-2H3,(H,34,35). The molecule has 2 fully saturated rings. The molecule has 0 aliphatic carbocycles. The van der Waals surface area contributed by atoms with E-state index < -0.39 is 17.7 Å². The van der Waals surface area contributed by atoms with Crippen LogP contribution in [0.5, 0.6) is 0 Å². The van der Waals surface area contributed by atoms with Gasteiger partial charge >= 0.3 is 0 Å². The number of nitrogens with zero attached hydrogens (tertiary/aromatic N) is 4. The van der Waals surface area contributed by atoms with Gasteiger partial charge in [0.2, 0.25) is 11.8 Å². The third-order valence-corrected chi connectivity index (χ3v) is 7.74. The van der Waals surface area contributed by atoms with Crippen molar-refractivity contribution in [2.24, 2.45) is 10.9 Å². The molecule has 0 saturated carbocycles. The van der Waals surface area contributed by atoms with Crippen molar-refractivity contribution < 1.29 is 18.8 Å². The summed E-state index contributed by atoms with van der Waals surface area (Å²) >= 11 is 0. The number of nitrogens with one attached hydrogen (secondary N) is 1. The molecule has 5 rings (SSSR count). The van der Waals surface area contributed by atoms with Crippen molar-refractivity contribution in [1.82, 2.24) is 9.80 Å². The summed E-state index contributed by atoms with van der Waals surface area (Å²) in [5.74, 6) is -1.08. The maximum absolute atomic E-state index is 13.7. The van der Waals surface area contributed by atoms with Gasteiger partial charge in [0.1, 0.15) is 23.2 Å². The van der Waals surface area contributed by atoms with Crippen molar-refractivity contribution in [2.45, 2.75) is 52.0 Å². The lowest BCUT2D eigenvalue weighted by molar-refractivity contribution is -0.140. The molecule has 1 aromatic heterocycles. The molecule has 2 saturated heterocycles. The molecule has 3 aromatic rings. The Kier molecular flexibility index (Phi) is 8.48. The summed E-state index contributed by atoms with van der Waals surface area (Å²) in [6.07, 6.45) is 3.93. The zero-order valence-electron chi connectivity index (χ0n) is 23.6. The first-order valence-corrected chi connectivity index (χ1v) is 14.2. The fourth-order valence-corrected chi connectivity index (χ4v) is 5.47. The number of aryl methyl sites for hydroxylation is 2. The molecule has 0 bridgehead atoms. The van der Waals surface area contributed by atoms with E-state index in [9.17, 15) is 19.6 Å². The van der Waals surface area contributed by atoms with Gasteiger partial charge in [-0.1, -0.05) is 29.8 Å². The summed E-state index contributed by atoms with van der Waals surface area (Å²) in [6.45, 7) is 5.74. The first-order chi connectivity index (χ1) is 19.8. The number of hydrogen-bond donors (Lipinski definition) is 1. The number of fused-ring (bicyclic) bond motifs is 1. The highest BCUT2D eigenvalue weighted by Crippen LogP contribution is 2.25. The van der Waals surface area contributed by atoms with Crippen LogP contribution in [0.15, 0.2) is 57.9 Å². The van der Waals surface area contributed by atoms with E-state index in [-0.39, 0.29) is 24.2 Å². The molecule has 2 atom stereocenters. The van der Waals surface area contributed by atoms with Crippen LogP contribution in [0.25, 0.3) is 11.0 Å². The highest BCUT2D eigenvalue weighted by atomic mass is 16.3. The Labute approximate surface area is 239 Å². The molecule has 0 spiro atoms. The Morgan fingerprint density at radius 2 is 1.78 bits per heavy atom. The van der Waals surface area contributed by atoms with E-state index in [1.807, 2.05) is 49.1 Å². The monoisotopic (exact) mass is 553 g/mol. The van der Waals surface area contributed by atoms with Crippen LogP contribution in [-0.4, -0.2) is 65.5 Å². The van der Waals surface area contributed by atoms with Gasteiger partial charge in [-0.25, -0.2) is 0 Å². The highest BCUT2D eigenvalue weighted by Gasteiger charge is 2.33. The van der Waals surface area contributed by atoms with Gasteiger partial charge in [-0.05, 0) is 70.2 Å². The number of anilines is 1. The van der Waals surface area contributed by atoms with Crippen molar-refractivity contribution in [3.05, 3.63) is 65.4 Å². The lowest BCUT2D eigenvalue weighted by Crippen LogP contribution is -2.45. The van der Waals surface area contributed by atoms with Crippen LogP contribution in [0.4, 0.5) is 5.69 Å². The second-order valence-electron chi connectivity index (χ2n) is 10.9. The summed E-state index contributed by atoms with van der Waals surface area (Å²) in [5.41, 5.74) is 2.73. The first kappa shape index (κ1) is 28.1. The molecule has 212 valence electrons. The lowest BCUT2D eigenvalue weighted by atomic mass is 9.96. The number of furan rings is 1. The number of benzene rings is 2. The largest absolute Gasteiger partial charge is 0.461 e. The third kappa shape index (κ3) is 6.49. The number of aliphatic imine (C=N–C) groups is 1. The number of likely N-dealkylation sites (tertiary alicyclic amines) is 2. The van der Waals surface area contributed by atoms with Gasteiger partial charge in [0.25, 0.3) is 0 Å². The van der Waals surface area contributed by atoms with Gasteiger partial charge < -0.3 is 19.5 Å². The molecule has 9 heteroatoms. The molecule has 0 radical (unpaired) electrons. The molecule has 2 aliphatic heterocycles. The molecule has 1 N–H and O–H groups in total. The van der Waals surface area contributed by atoms with Gasteiger partial charge in [-0.2, -0.15) is 5.26 Å². The number of amides is 2. The molecular weight excluding hydrogens is 518 g/mol. The van der Waals surface area contributed by atoms with E-state index in [4.69, 9.17) is 9.41 Å². The molecule has 3 heterocycles. The number of hydrogen-bond acceptors (Lipinski definition) is 6. The zero-order valence-corrected chi connectivity index (χ0v) is 23.6. The van der Waals surface area contributed by atoms with E-state index in [0.717, 1.165) is 61.1 Å². The number of amidine groups is 1. The van der Waals surface area contributed by atoms with Crippen LogP contribution in [-0.2, 0) is 9.59 Å². The number of nitriles is 1. The summed E-state index contributed by atoms with van der Waals surface area (Å²) < 4.78 is 5.69. The third-order valence-electron chi connectivity index (χ3n) is 7.74. The molecular formula is C32H35N5O4. The fourth-order valence-electron chi connectivity index (χ4n) is 5.47. The number of rotatable bonds is 7. The van der Waals surface area contributed by atoms with Gasteiger partial charge in [-0.15, -0.1) is 0 Å². The topological polar surface area (TPSA) is 119 Å². The van der Waals surface area contributed by atoms with E-state index >= 15 is 0 Å². The van der Waals surface area contributed by atoms with E-state index in [2.05, 4.69) is 11.4 Å². The lowest BCUT2D eigenvalue weighted by Gasteiger charge is -2.25. The summed E-state index contributed by atoms with van der Waals surface area (Å²) in [4.78, 5) is 48.3. The van der Waals surface area contributed by atoms with Crippen molar-refractivity contribution in [3.63, 3.8) is 0 Å². The minimum atomic E-state index is -1.25. The average Bonchev–Trinajstić information content (AvgIpc) is 3.59. The number of Topliss-reactive ketones (excluding diaryl/α,β-unsaturated/α-hetero) is 1. The van der Waals surface area contributed by atoms with Crippen molar-refractivity contribution in [1.29, 1.82) is 5.26 Å². The molecule has 2 unspecified atom stereocenters. The number of carbonyl (C=O) groups is 3. The maximum atomic E-state index is 13.7. The maximum Gasteiger partial charge on any atom is 0.247 e. The normalized spacial score (nSPS) is 18.7. The molecule has 9 nitrogen and oxygen atoms in total. The molecule has 2 aromatic carbocycles. The van der Waals surface area contributed by atoms with Crippen LogP contribution in [0.3, 0.4) is 0 Å². The van der Waals surface area contributed by atoms with Gasteiger partial charge in [-0.3, -0.25) is 19.4 Å². The van der Waals surface area contributed by atoms with Crippen LogP contribution in [0, 0.1) is 31.1 Å². The predicted molar refractivity (Wildman–Crippen MR) is 157 cm³/mol. The molecule has 2 amide bonds. The molecule has 2 aliphatic rings. The van der Waals surface area contributed by atoms with E-state index in [0.29, 0.717) is 24.2 Å². The van der Waals surface area contributed by atoms with Gasteiger partial charge in [0.05, 0.1) is 12.6 Å². The van der Waals surface area contributed by atoms with Crippen molar-refractivity contribution in [2.75, 3.05) is 31.5 Å². The number of ketones is 1. The van der Waals surface area contributed by atoms with Crippen molar-refractivity contribution >= 4 is 40.1 Å². The average molecular weight is 554 g/mol. The molecule has 41 heavy (non-hydrogen) atoms. The Balaban J connectivity index is 1.47. The van der Waals surface area contributed by atoms with Crippen LogP contribution in [0.1, 0.15) is 53.8 Å². The predicted octanol–water partition coefficient (Wildman–Crippen LogP) is 4.89. The Morgan fingerprint density at radius 1 is 1.05 bits per heavy atom. The van der Waals surface area contributed by atoms with Crippen LogP contribution in [0.2, 0.25) is 0 Å². The first-order valence-electron chi connectivity index (χ1n) is 14.2. The minimum absolute atomic E-state index is 0.0219. The van der Waals surface area contributed by atoms with Crippen molar-refractivity contribution in [3.8, 4) is 6.07 Å². The minimum Gasteiger partial charge on any atom is -0.461 e. The summed E-state index contributed by atoms with van der Waals surface area (Å²) in [7, 11) is 0. The van der Waals surface area contributed by atoms with Crippen LogP contribution >= 0.6 is 0 Å². The second-order valence-corrected chi connectivity index (χ2v) is 10.9. The second kappa shape index (κ2) is 12.4.